The first-order valence-corrected chi connectivity index (χ1v) is 9.01. The molecule has 0 radical (unpaired) electrons. The Bertz CT molecular complexity index is 1160. The van der Waals surface area contributed by atoms with Crippen molar-refractivity contribution >= 4 is 29.0 Å². The summed E-state index contributed by atoms with van der Waals surface area (Å²) in [5.41, 5.74) is 0.553. The van der Waals surface area contributed by atoms with Crippen molar-refractivity contribution in [2.45, 2.75) is 6.04 Å². The highest BCUT2D eigenvalue weighted by atomic mass is 16.6. The van der Waals surface area contributed by atoms with Gasteiger partial charge in [0, 0.05) is 23.9 Å². The van der Waals surface area contributed by atoms with Gasteiger partial charge in [-0.3, -0.25) is 24.6 Å². The fourth-order valence-electron chi connectivity index (χ4n) is 3.41. The van der Waals surface area contributed by atoms with E-state index >= 15 is 0 Å². The number of benzene rings is 2. The van der Waals surface area contributed by atoms with Crippen LogP contribution in [0, 0.1) is 10.1 Å². The zero-order chi connectivity index (χ0) is 21.3. The molecule has 1 atom stereocenters. The highest BCUT2D eigenvalue weighted by Crippen LogP contribution is 2.41. The van der Waals surface area contributed by atoms with Gasteiger partial charge < -0.3 is 5.11 Å². The summed E-state index contributed by atoms with van der Waals surface area (Å²) in [6.07, 6.45) is 1.51. The van der Waals surface area contributed by atoms with Crippen LogP contribution in [-0.4, -0.2) is 26.7 Å². The van der Waals surface area contributed by atoms with Gasteiger partial charge in [-0.05, 0) is 29.8 Å². The molecule has 8 heteroatoms. The monoisotopic (exact) mass is 401 g/mol. The van der Waals surface area contributed by atoms with Crippen LogP contribution in [0.15, 0.2) is 84.6 Å². The highest BCUT2D eigenvalue weighted by molar-refractivity contribution is 6.51. The number of ketones is 1. The second-order valence-corrected chi connectivity index (χ2v) is 6.57. The molecule has 0 spiro atoms. The predicted octanol–water partition coefficient (Wildman–Crippen LogP) is 3.62. The van der Waals surface area contributed by atoms with Gasteiger partial charge in [-0.1, -0.05) is 36.4 Å². The van der Waals surface area contributed by atoms with Crippen molar-refractivity contribution < 1.29 is 19.6 Å². The molecule has 1 amide bonds. The number of nitro benzene ring substituents is 1. The Labute approximate surface area is 170 Å². The molecule has 0 bridgehead atoms. The normalized spacial score (nSPS) is 17.9. The fourth-order valence-corrected chi connectivity index (χ4v) is 3.41. The smallest absolute Gasteiger partial charge is 0.301 e. The van der Waals surface area contributed by atoms with Gasteiger partial charge in [0.05, 0.1) is 16.5 Å². The lowest BCUT2D eigenvalue weighted by Crippen LogP contribution is -2.30. The number of carbonyl (C=O) groups is 2. The van der Waals surface area contributed by atoms with Crippen LogP contribution in [-0.2, 0) is 9.59 Å². The van der Waals surface area contributed by atoms with Gasteiger partial charge >= 0.3 is 5.91 Å². The summed E-state index contributed by atoms with van der Waals surface area (Å²) in [6, 6.07) is 18.0. The summed E-state index contributed by atoms with van der Waals surface area (Å²) >= 11 is 0. The molecule has 2 heterocycles. The summed E-state index contributed by atoms with van der Waals surface area (Å²) < 4.78 is 0. The lowest BCUT2D eigenvalue weighted by atomic mass is 9.95. The molecule has 148 valence electrons. The molecule has 1 aliphatic heterocycles. The number of aromatic nitrogens is 1. The third kappa shape index (κ3) is 3.20. The second kappa shape index (κ2) is 7.59. The Kier molecular flexibility index (Phi) is 4.81. The molecule has 8 nitrogen and oxygen atoms in total. The van der Waals surface area contributed by atoms with Gasteiger partial charge in [-0.25, -0.2) is 4.98 Å². The standard InChI is InChI=1S/C22H15N3O5/c26-20(15-9-11-16(12-10-15)25(29)30)18-19(14-6-2-1-3-7-14)24(22(28)21(18)27)17-8-4-5-13-23-17/h1-13,19,26H/b20-18+/t19-/m1/s1. The number of hydrogen-bond acceptors (Lipinski definition) is 6. The van der Waals surface area contributed by atoms with E-state index in [0.717, 1.165) is 0 Å². The number of non-ortho nitro benzene ring substituents is 1. The average Bonchev–Trinajstić information content (AvgIpc) is 3.05. The molecule has 1 fully saturated rings. The van der Waals surface area contributed by atoms with Crippen LogP contribution >= 0.6 is 0 Å². The van der Waals surface area contributed by atoms with Crippen LogP contribution in [0.1, 0.15) is 17.2 Å². The first-order chi connectivity index (χ1) is 14.5. The predicted molar refractivity (Wildman–Crippen MR) is 109 cm³/mol. The summed E-state index contributed by atoms with van der Waals surface area (Å²) in [5, 5.41) is 21.8. The number of amides is 1. The Morgan fingerprint density at radius 1 is 0.967 bits per heavy atom. The van der Waals surface area contributed by atoms with Crippen LogP contribution < -0.4 is 4.90 Å². The SMILES string of the molecule is O=C1C(=O)N(c2ccccn2)[C@H](c2ccccc2)/C1=C(\O)c1ccc([N+](=O)[O-])cc1. The number of pyridine rings is 1. The number of rotatable bonds is 4. The van der Waals surface area contributed by atoms with Gasteiger partial charge in [-0.15, -0.1) is 0 Å². The fraction of sp³-hybridized carbons (Fsp3) is 0.0455. The lowest BCUT2D eigenvalue weighted by molar-refractivity contribution is -0.384. The molecule has 1 saturated heterocycles. The van der Waals surface area contributed by atoms with Crippen LogP contribution in [0.4, 0.5) is 11.5 Å². The van der Waals surface area contributed by atoms with Gasteiger partial charge in [0.2, 0.25) is 0 Å². The third-order valence-electron chi connectivity index (χ3n) is 4.81. The number of nitrogens with zero attached hydrogens (tertiary/aromatic N) is 3. The van der Waals surface area contributed by atoms with E-state index in [1.54, 1.807) is 48.5 Å². The maximum Gasteiger partial charge on any atom is 0.301 e. The number of aliphatic hydroxyl groups is 1. The number of hydrogen-bond donors (Lipinski definition) is 1. The maximum atomic E-state index is 12.9. The van der Waals surface area contributed by atoms with E-state index in [4.69, 9.17) is 0 Å². The van der Waals surface area contributed by atoms with Gasteiger partial charge in [0.25, 0.3) is 11.5 Å². The molecule has 3 aromatic rings. The first-order valence-electron chi connectivity index (χ1n) is 9.01. The minimum atomic E-state index is -0.892. The van der Waals surface area contributed by atoms with Crippen molar-refractivity contribution in [1.29, 1.82) is 0 Å². The molecule has 1 aromatic heterocycles. The molecule has 0 aliphatic carbocycles. The molecule has 0 unspecified atom stereocenters. The number of aliphatic hydroxyl groups excluding tert-OH is 1. The quantitative estimate of drug-likeness (QED) is 0.235. The van der Waals surface area contributed by atoms with E-state index in [-0.39, 0.29) is 22.6 Å². The van der Waals surface area contributed by atoms with Crippen LogP contribution in [0.25, 0.3) is 5.76 Å². The molecular formula is C22H15N3O5. The van der Waals surface area contributed by atoms with Gasteiger partial charge in [0.15, 0.2) is 0 Å². The third-order valence-corrected chi connectivity index (χ3v) is 4.81. The van der Waals surface area contributed by atoms with E-state index in [2.05, 4.69) is 4.98 Å². The molecule has 1 aliphatic rings. The van der Waals surface area contributed by atoms with Crippen molar-refractivity contribution in [3.63, 3.8) is 0 Å². The van der Waals surface area contributed by atoms with E-state index in [1.807, 2.05) is 0 Å². The number of Topliss-reactive ketones (excluding diaryl/α,β-unsaturated/α-hetero) is 1. The molecule has 30 heavy (non-hydrogen) atoms. The van der Waals surface area contributed by atoms with Crippen molar-refractivity contribution in [1.82, 2.24) is 4.98 Å². The van der Waals surface area contributed by atoms with Gasteiger partial charge in [-0.2, -0.15) is 0 Å². The lowest BCUT2D eigenvalue weighted by Gasteiger charge is -2.24. The molecular weight excluding hydrogens is 386 g/mol. The van der Waals surface area contributed by atoms with Crippen molar-refractivity contribution in [3.05, 3.63) is 106 Å². The Morgan fingerprint density at radius 2 is 1.63 bits per heavy atom. The second-order valence-electron chi connectivity index (χ2n) is 6.57. The number of carbonyl (C=O) groups excluding carboxylic acids is 2. The maximum absolute atomic E-state index is 12.9. The molecule has 2 aromatic carbocycles. The largest absolute Gasteiger partial charge is 0.507 e. The van der Waals surface area contributed by atoms with Crippen LogP contribution in [0.3, 0.4) is 0 Å². The molecule has 0 saturated carbocycles. The average molecular weight is 401 g/mol. The zero-order valence-corrected chi connectivity index (χ0v) is 15.5. The molecule has 1 N–H and O–H groups in total. The topological polar surface area (TPSA) is 114 Å². The van der Waals surface area contributed by atoms with E-state index in [1.165, 1.54) is 35.4 Å². The van der Waals surface area contributed by atoms with Crippen LogP contribution in [0.2, 0.25) is 0 Å². The van der Waals surface area contributed by atoms with E-state index in [0.29, 0.717) is 5.56 Å². The van der Waals surface area contributed by atoms with Crippen molar-refractivity contribution in [3.8, 4) is 0 Å². The highest BCUT2D eigenvalue weighted by Gasteiger charge is 2.47. The summed E-state index contributed by atoms with van der Waals surface area (Å²) in [6.45, 7) is 0. The minimum absolute atomic E-state index is 0.106. The van der Waals surface area contributed by atoms with E-state index < -0.39 is 28.4 Å². The molecule has 4 rings (SSSR count). The summed E-state index contributed by atoms with van der Waals surface area (Å²) in [7, 11) is 0. The van der Waals surface area contributed by atoms with Crippen LogP contribution in [0.5, 0.6) is 0 Å². The van der Waals surface area contributed by atoms with Crippen molar-refractivity contribution in [2.75, 3.05) is 4.90 Å². The minimum Gasteiger partial charge on any atom is -0.507 e. The van der Waals surface area contributed by atoms with Gasteiger partial charge in [0.1, 0.15) is 11.6 Å². The zero-order valence-electron chi connectivity index (χ0n) is 15.5. The van der Waals surface area contributed by atoms with E-state index in [9.17, 15) is 24.8 Å². The Morgan fingerprint density at radius 3 is 2.23 bits per heavy atom. The Balaban J connectivity index is 1.90. The van der Waals surface area contributed by atoms with Crippen molar-refractivity contribution in [2.24, 2.45) is 0 Å². The number of anilines is 1. The summed E-state index contributed by atoms with van der Waals surface area (Å²) in [4.78, 5) is 41.6. The first kappa shape index (κ1) is 19.0. The Hall–Kier alpha value is -4.33. The number of nitro groups is 1. The summed E-state index contributed by atoms with van der Waals surface area (Å²) in [5.74, 6) is -1.80.